The van der Waals surface area contributed by atoms with Crippen molar-refractivity contribution in [3.05, 3.63) is 6.92 Å². The van der Waals surface area contributed by atoms with Gasteiger partial charge >= 0.3 is 0 Å². The molecule has 1 heteroatoms. The molecule has 0 saturated heterocycles. The van der Waals surface area contributed by atoms with Crippen molar-refractivity contribution in [3.8, 4) is 0 Å². The number of ketones is 1. The zero-order valence-corrected chi connectivity index (χ0v) is 4.90. The summed E-state index contributed by atoms with van der Waals surface area (Å²) in [6.45, 7) is 7.25. The summed E-state index contributed by atoms with van der Waals surface area (Å²) in [5.74, 6) is 0.500. The van der Waals surface area contributed by atoms with E-state index in [1.165, 1.54) is 0 Å². The largest absolute Gasteiger partial charge is 0.300 e. The highest BCUT2D eigenvalue weighted by Crippen LogP contribution is 1.97. The number of hydrogen-bond donors (Lipinski definition) is 0. The molecule has 0 rings (SSSR count). The second kappa shape index (κ2) is 2.78. The first-order valence-electron chi connectivity index (χ1n) is 2.47. The average molecular weight is 99.2 g/mol. The molecule has 0 spiro atoms. The quantitative estimate of drug-likeness (QED) is 0.512. The van der Waals surface area contributed by atoms with Gasteiger partial charge in [0.15, 0.2) is 0 Å². The topological polar surface area (TPSA) is 17.1 Å². The minimum absolute atomic E-state index is 0.0370. The van der Waals surface area contributed by atoms with Gasteiger partial charge in [0.05, 0.1) is 0 Å². The van der Waals surface area contributed by atoms with Gasteiger partial charge in [-0.25, -0.2) is 0 Å². The van der Waals surface area contributed by atoms with Crippen molar-refractivity contribution in [1.82, 2.24) is 0 Å². The molecule has 0 heterocycles. The van der Waals surface area contributed by atoms with Gasteiger partial charge in [-0.3, -0.25) is 4.79 Å². The summed E-state index contributed by atoms with van der Waals surface area (Å²) in [5, 5.41) is 0. The van der Waals surface area contributed by atoms with E-state index in [-0.39, 0.29) is 5.78 Å². The first-order valence-corrected chi connectivity index (χ1v) is 2.47. The first kappa shape index (κ1) is 6.67. The number of carbonyl (C=O) groups excluding carboxylic acids is 1. The highest BCUT2D eigenvalue weighted by atomic mass is 16.1. The zero-order chi connectivity index (χ0) is 5.86. The molecule has 0 saturated carbocycles. The van der Waals surface area contributed by atoms with Crippen LogP contribution < -0.4 is 0 Å². The second-order valence-corrected chi connectivity index (χ2v) is 2.14. The van der Waals surface area contributed by atoms with Crippen LogP contribution in [0, 0.1) is 12.8 Å². The molecule has 0 atom stereocenters. The van der Waals surface area contributed by atoms with Gasteiger partial charge in [-0.1, -0.05) is 13.8 Å². The monoisotopic (exact) mass is 99.1 g/mol. The molecule has 0 unspecified atom stereocenters. The minimum Gasteiger partial charge on any atom is -0.300 e. The van der Waals surface area contributed by atoms with Crippen LogP contribution in [0.3, 0.4) is 0 Å². The Morgan fingerprint density at radius 1 is 1.71 bits per heavy atom. The van der Waals surface area contributed by atoms with E-state index < -0.39 is 0 Å². The maximum Gasteiger partial charge on any atom is 0.133 e. The summed E-state index contributed by atoms with van der Waals surface area (Å²) in [6.07, 6.45) is 0.611. The van der Waals surface area contributed by atoms with Crippen LogP contribution in [0.1, 0.15) is 20.3 Å². The fraction of sp³-hybridized carbons (Fsp3) is 0.667. The van der Waals surface area contributed by atoms with Gasteiger partial charge in [0.25, 0.3) is 0 Å². The van der Waals surface area contributed by atoms with Crippen molar-refractivity contribution in [2.75, 3.05) is 0 Å². The van der Waals surface area contributed by atoms with Crippen LogP contribution in [0.5, 0.6) is 0 Å². The van der Waals surface area contributed by atoms with E-state index in [4.69, 9.17) is 0 Å². The van der Waals surface area contributed by atoms with Gasteiger partial charge in [-0.05, 0) is 5.92 Å². The normalized spacial score (nSPS) is 9.71. The maximum atomic E-state index is 10.1. The predicted octanol–water partition coefficient (Wildman–Crippen LogP) is 1.44. The first-order chi connectivity index (χ1) is 3.13. The number of Topliss-reactive ketones (excluding diaryl/α,β-unsaturated/α-hetero) is 1. The third-order valence-electron chi connectivity index (χ3n) is 0.636. The fourth-order valence-electron chi connectivity index (χ4n) is 0.455. The lowest BCUT2D eigenvalue weighted by atomic mass is 10.1. The van der Waals surface area contributed by atoms with Gasteiger partial charge in [-0.2, -0.15) is 0 Å². The molecule has 0 bridgehead atoms. The molecule has 1 radical (unpaired) electrons. The Balaban J connectivity index is 3.13. The van der Waals surface area contributed by atoms with Crippen LogP contribution in [-0.2, 0) is 4.79 Å². The lowest BCUT2D eigenvalue weighted by molar-refractivity contribution is -0.115. The molecule has 1 nitrogen and oxygen atoms in total. The van der Waals surface area contributed by atoms with E-state index in [0.29, 0.717) is 12.3 Å². The average Bonchev–Trinajstić information content (AvgIpc) is 1.27. The van der Waals surface area contributed by atoms with Crippen LogP contribution in [0.15, 0.2) is 0 Å². The van der Waals surface area contributed by atoms with Crippen molar-refractivity contribution >= 4 is 5.78 Å². The van der Waals surface area contributed by atoms with E-state index >= 15 is 0 Å². The summed E-state index contributed by atoms with van der Waals surface area (Å²) >= 11 is 0. The smallest absolute Gasteiger partial charge is 0.133 e. The molecule has 0 fully saturated rings. The molecular weight excluding hydrogens is 88.1 g/mol. The lowest BCUT2D eigenvalue weighted by Crippen LogP contribution is -1.95. The van der Waals surface area contributed by atoms with E-state index in [1.54, 1.807) is 0 Å². The molecular formula is C6H11O. The van der Waals surface area contributed by atoms with Crippen molar-refractivity contribution in [3.63, 3.8) is 0 Å². The maximum absolute atomic E-state index is 10.1. The Hall–Kier alpha value is -0.330. The molecule has 0 aromatic heterocycles. The van der Waals surface area contributed by atoms with Gasteiger partial charge in [0.2, 0.25) is 0 Å². The Labute approximate surface area is 44.7 Å². The van der Waals surface area contributed by atoms with E-state index in [0.717, 1.165) is 0 Å². The van der Waals surface area contributed by atoms with Crippen molar-refractivity contribution < 1.29 is 4.79 Å². The Kier molecular flexibility index (Phi) is 2.65. The fourth-order valence-corrected chi connectivity index (χ4v) is 0.455. The van der Waals surface area contributed by atoms with Crippen LogP contribution in [0.2, 0.25) is 0 Å². The second-order valence-electron chi connectivity index (χ2n) is 2.14. The van der Waals surface area contributed by atoms with Crippen molar-refractivity contribution in [1.29, 1.82) is 0 Å². The van der Waals surface area contributed by atoms with Gasteiger partial charge in [0.1, 0.15) is 5.78 Å². The Morgan fingerprint density at radius 2 is 2.14 bits per heavy atom. The summed E-state index contributed by atoms with van der Waals surface area (Å²) < 4.78 is 0. The molecule has 0 aromatic carbocycles. The SMILES string of the molecule is [CH2]C(=O)CC(C)C. The predicted molar refractivity (Wildman–Crippen MR) is 29.8 cm³/mol. The molecule has 7 heavy (non-hydrogen) atoms. The molecule has 0 aromatic rings. The van der Waals surface area contributed by atoms with Crippen LogP contribution in [0.4, 0.5) is 0 Å². The molecule has 0 amide bonds. The van der Waals surface area contributed by atoms with E-state index in [9.17, 15) is 4.79 Å². The minimum atomic E-state index is 0.0370. The Bertz CT molecular complexity index is 64.6. The highest BCUT2D eigenvalue weighted by molar-refractivity contribution is 5.82. The molecule has 0 N–H and O–H groups in total. The standard InChI is InChI=1S/C6H11O/c1-5(2)4-6(3)7/h5H,3-4H2,1-2H3. The third-order valence-corrected chi connectivity index (χ3v) is 0.636. The molecule has 0 aliphatic heterocycles. The van der Waals surface area contributed by atoms with Gasteiger partial charge in [-0.15, -0.1) is 0 Å². The molecule has 0 aliphatic rings. The summed E-state index contributed by atoms with van der Waals surface area (Å²) in [6, 6.07) is 0. The lowest BCUT2D eigenvalue weighted by Gasteiger charge is -1.95. The van der Waals surface area contributed by atoms with Gasteiger partial charge < -0.3 is 0 Å². The van der Waals surface area contributed by atoms with Crippen molar-refractivity contribution in [2.24, 2.45) is 5.92 Å². The van der Waals surface area contributed by atoms with Crippen molar-refractivity contribution in [2.45, 2.75) is 20.3 Å². The Morgan fingerprint density at radius 3 is 2.14 bits per heavy atom. The highest BCUT2D eigenvalue weighted by Gasteiger charge is 1.95. The number of hydrogen-bond acceptors (Lipinski definition) is 1. The number of rotatable bonds is 2. The van der Waals surface area contributed by atoms with Crippen LogP contribution in [-0.4, -0.2) is 5.78 Å². The zero-order valence-electron chi connectivity index (χ0n) is 4.90. The van der Waals surface area contributed by atoms with E-state index in [1.807, 2.05) is 13.8 Å². The molecule has 0 aliphatic carbocycles. The van der Waals surface area contributed by atoms with Crippen LogP contribution in [0.25, 0.3) is 0 Å². The summed E-state index contributed by atoms with van der Waals surface area (Å²) in [7, 11) is 0. The number of carbonyl (C=O) groups is 1. The molecule has 41 valence electrons. The van der Waals surface area contributed by atoms with E-state index in [2.05, 4.69) is 6.92 Å². The van der Waals surface area contributed by atoms with Crippen LogP contribution >= 0.6 is 0 Å². The summed E-state index contributed by atoms with van der Waals surface area (Å²) in [5.41, 5.74) is 0. The summed E-state index contributed by atoms with van der Waals surface area (Å²) in [4.78, 5) is 10.1. The third kappa shape index (κ3) is 5.67. The van der Waals surface area contributed by atoms with Gasteiger partial charge in [0, 0.05) is 13.3 Å².